The van der Waals surface area contributed by atoms with Crippen LogP contribution in [0.25, 0.3) is 17.1 Å². The number of hydrogen-bond donors (Lipinski definition) is 1. The molecular formula is C23H20FN5OS. The summed E-state index contributed by atoms with van der Waals surface area (Å²) < 4.78 is 15.6. The summed E-state index contributed by atoms with van der Waals surface area (Å²) in [6.07, 6.45) is 3.40. The number of nitrogens with one attached hydrogen (secondary N) is 1. The van der Waals surface area contributed by atoms with Crippen molar-refractivity contribution in [3.05, 3.63) is 83.9 Å². The maximum Gasteiger partial charge on any atom is 0.234 e. The van der Waals surface area contributed by atoms with E-state index in [-0.39, 0.29) is 17.5 Å². The van der Waals surface area contributed by atoms with Crippen LogP contribution in [0.15, 0.2) is 72.1 Å². The third kappa shape index (κ3) is 4.80. The Labute approximate surface area is 183 Å². The fourth-order valence-corrected chi connectivity index (χ4v) is 3.73. The Morgan fingerprint density at radius 1 is 1.03 bits per heavy atom. The third-order valence-corrected chi connectivity index (χ3v) is 5.58. The molecule has 0 atom stereocenters. The van der Waals surface area contributed by atoms with Crippen LogP contribution in [0.5, 0.6) is 0 Å². The average molecular weight is 434 g/mol. The molecule has 1 N–H and O–H groups in total. The van der Waals surface area contributed by atoms with Crippen LogP contribution in [0, 0.1) is 19.7 Å². The van der Waals surface area contributed by atoms with Crippen molar-refractivity contribution >= 4 is 23.4 Å². The molecule has 0 spiro atoms. The van der Waals surface area contributed by atoms with Crippen LogP contribution in [-0.4, -0.2) is 31.4 Å². The first-order valence-corrected chi connectivity index (χ1v) is 10.6. The van der Waals surface area contributed by atoms with Crippen molar-refractivity contribution in [1.29, 1.82) is 0 Å². The van der Waals surface area contributed by atoms with E-state index in [4.69, 9.17) is 0 Å². The zero-order valence-electron chi connectivity index (χ0n) is 17.0. The quantitative estimate of drug-likeness (QED) is 0.442. The maximum absolute atomic E-state index is 13.7. The van der Waals surface area contributed by atoms with Gasteiger partial charge in [0.15, 0.2) is 11.0 Å². The van der Waals surface area contributed by atoms with E-state index in [9.17, 15) is 9.18 Å². The van der Waals surface area contributed by atoms with Crippen LogP contribution in [0.4, 0.5) is 10.1 Å². The lowest BCUT2D eigenvalue weighted by atomic mass is 10.2. The fraction of sp³-hybridized carbons (Fsp3) is 0.130. The number of aromatic nitrogens is 4. The van der Waals surface area contributed by atoms with Crippen LogP contribution < -0.4 is 5.32 Å². The van der Waals surface area contributed by atoms with Gasteiger partial charge in [0.25, 0.3) is 0 Å². The Bertz CT molecular complexity index is 1210. The molecular weight excluding hydrogens is 413 g/mol. The molecule has 2 aromatic heterocycles. The number of anilines is 1. The van der Waals surface area contributed by atoms with Crippen molar-refractivity contribution in [3.8, 4) is 17.1 Å². The second-order valence-corrected chi connectivity index (χ2v) is 7.96. The highest BCUT2D eigenvalue weighted by Crippen LogP contribution is 2.28. The molecule has 156 valence electrons. The number of rotatable bonds is 6. The topological polar surface area (TPSA) is 72.7 Å². The summed E-state index contributed by atoms with van der Waals surface area (Å²) in [4.78, 5) is 16.5. The third-order valence-electron chi connectivity index (χ3n) is 4.65. The number of hydrogen-bond acceptors (Lipinski definition) is 5. The lowest BCUT2D eigenvalue weighted by Crippen LogP contribution is -2.14. The maximum atomic E-state index is 13.7. The van der Waals surface area contributed by atoms with Gasteiger partial charge in [-0.1, -0.05) is 35.5 Å². The van der Waals surface area contributed by atoms with Gasteiger partial charge in [0, 0.05) is 29.3 Å². The molecule has 4 rings (SSSR count). The molecule has 31 heavy (non-hydrogen) atoms. The second-order valence-electron chi connectivity index (χ2n) is 7.01. The van der Waals surface area contributed by atoms with Gasteiger partial charge in [-0.05, 0) is 55.8 Å². The zero-order chi connectivity index (χ0) is 21.8. The van der Waals surface area contributed by atoms with Gasteiger partial charge in [-0.2, -0.15) is 0 Å². The van der Waals surface area contributed by atoms with E-state index >= 15 is 0 Å². The largest absolute Gasteiger partial charge is 0.325 e. The summed E-state index contributed by atoms with van der Waals surface area (Å²) in [6, 6.07) is 16.4. The fourth-order valence-electron chi connectivity index (χ4n) is 2.98. The molecule has 4 aromatic rings. The van der Waals surface area contributed by atoms with Crippen molar-refractivity contribution in [3.63, 3.8) is 0 Å². The predicted molar refractivity (Wildman–Crippen MR) is 120 cm³/mol. The van der Waals surface area contributed by atoms with Crippen molar-refractivity contribution < 1.29 is 9.18 Å². The molecule has 0 saturated heterocycles. The zero-order valence-corrected chi connectivity index (χ0v) is 17.9. The minimum absolute atomic E-state index is 0.107. The molecule has 0 unspecified atom stereocenters. The molecule has 0 aliphatic heterocycles. The Kier molecular flexibility index (Phi) is 6.08. The Morgan fingerprint density at radius 2 is 1.77 bits per heavy atom. The standard InChI is InChI=1S/C23H20FN5OS/c1-15-3-7-19(8-4-15)29-22(17-9-11-25-12-10-17)27-28-23(29)31-14-21(30)26-18-6-5-16(2)20(24)13-18/h3-13H,14H2,1-2H3,(H,26,30). The smallest absolute Gasteiger partial charge is 0.234 e. The molecule has 0 fully saturated rings. The summed E-state index contributed by atoms with van der Waals surface area (Å²) in [5.41, 5.74) is 3.86. The van der Waals surface area contributed by atoms with E-state index < -0.39 is 0 Å². The molecule has 6 nitrogen and oxygen atoms in total. The number of benzene rings is 2. The van der Waals surface area contributed by atoms with Crippen LogP contribution in [0.2, 0.25) is 0 Å². The number of pyridine rings is 1. The molecule has 2 aromatic carbocycles. The highest BCUT2D eigenvalue weighted by Gasteiger charge is 2.17. The van der Waals surface area contributed by atoms with Gasteiger partial charge >= 0.3 is 0 Å². The van der Waals surface area contributed by atoms with E-state index in [1.165, 1.54) is 17.8 Å². The summed E-state index contributed by atoms with van der Waals surface area (Å²) in [7, 11) is 0. The minimum Gasteiger partial charge on any atom is -0.325 e. The molecule has 2 heterocycles. The molecule has 1 amide bonds. The van der Waals surface area contributed by atoms with Gasteiger partial charge in [-0.3, -0.25) is 14.3 Å². The Morgan fingerprint density at radius 3 is 2.48 bits per heavy atom. The second kappa shape index (κ2) is 9.09. The van der Waals surface area contributed by atoms with Gasteiger partial charge in [0.05, 0.1) is 5.75 Å². The molecule has 0 bridgehead atoms. The number of halogens is 1. The summed E-state index contributed by atoms with van der Waals surface area (Å²) in [5.74, 6) is 0.161. The van der Waals surface area contributed by atoms with Gasteiger partial charge in [-0.25, -0.2) is 4.39 Å². The average Bonchev–Trinajstić information content (AvgIpc) is 3.20. The monoisotopic (exact) mass is 433 g/mol. The first-order chi connectivity index (χ1) is 15.0. The van der Waals surface area contributed by atoms with Gasteiger partial charge in [-0.15, -0.1) is 10.2 Å². The Balaban J connectivity index is 1.57. The normalized spacial score (nSPS) is 10.8. The molecule has 0 radical (unpaired) electrons. The number of carbonyl (C=O) groups excluding carboxylic acids is 1. The number of thioether (sulfide) groups is 1. The summed E-state index contributed by atoms with van der Waals surface area (Å²) in [6.45, 7) is 3.70. The van der Waals surface area contributed by atoms with Crippen LogP contribution in [0.3, 0.4) is 0 Å². The van der Waals surface area contributed by atoms with Gasteiger partial charge in [0.1, 0.15) is 5.82 Å². The van der Waals surface area contributed by atoms with Crippen molar-refractivity contribution in [2.45, 2.75) is 19.0 Å². The molecule has 0 aliphatic carbocycles. The molecule has 0 aliphatic rings. The summed E-state index contributed by atoms with van der Waals surface area (Å²) in [5, 5.41) is 12.0. The molecule has 8 heteroatoms. The van der Waals surface area contributed by atoms with Crippen LogP contribution >= 0.6 is 11.8 Å². The van der Waals surface area contributed by atoms with Gasteiger partial charge < -0.3 is 5.32 Å². The molecule has 0 saturated carbocycles. The highest BCUT2D eigenvalue weighted by molar-refractivity contribution is 7.99. The number of aryl methyl sites for hydroxylation is 2. The van der Waals surface area contributed by atoms with E-state index in [0.717, 1.165) is 16.8 Å². The first kappa shape index (κ1) is 20.7. The van der Waals surface area contributed by atoms with Crippen molar-refractivity contribution in [2.75, 3.05) is 11.1 Å². The van der Waals surface area contributed by atoms with E-state index in [1.807, 2.05) is 47.9 Å². The number of carbonyl (C=O) groups is 1. The predicted octanol–water partition coefficient (Wildman–Crippen LogP) is 4.82. The van der Waals surface area contributed by atoms with Gasteiger partial charge in [0.2, 0.25) is 5.91 Å². The van der Waals surface area contributed by atoms with Crippen LogP contribution in [0.1, 0.15) is 11.1 Å². The number of nitrogens with zero attached hydrogens (tertiary/aromatic N) is 4. The first-order valence-electron chi connectivity index (χ1n) is 9.63. The van der Waals surface area contributed by atoms with Crippen LogP contribution in [-0.2, 0) is 4.79 Å². The van der Waals surface area contributed by atoms with E-state index in [0.29, 0.717) is 22.2 Å². The SMILES string of the molecule is Cc1ccc(-n2c(SCC(=O)Nc3ccc(C)c(F)c3)nnc2-c2ccncc2)cc1. The minimum atomic E-state index is -0.355. The van der Waals surface area contributed by atoms with E-state index in [2.05, 4.69) is 20.5 Å². The van der Waals surface area contributed by atoms with Crippen molar-refractivity contribution in [2.24, 2.45) is 0 Å². The lowest BCUT2D eigenvalue weighted by Gasteiger charge is -2.11. The highest BCUT2D eigenvalue weighted by atomic mass is 32.2. The Hall–Kier alpha value is -3.52. The summed E-state index contributed by atoms with van der Waals surface area (Å²) >= 11 is 1.26. The van der Waals surface area contributed by atoms with E-state index in [1.54, 1.807) is 31.5 Å². The number of amides is 1. The van der Waals surface area contributed by atoms with Crippen molar-refractivity contribution in [1.82, 2.24) is 19.7 Å². The lowest BCUT2D eigenvalue weighted by molar-refractivity contribution is -0.113.